The van der Waals surface area contributed by atoms with Gasteiger partial charge in [-0.25, -0.2) is 0 Å². The largest absolute Gasteiger partial charge is 0.342 e. The lowest BCUT2D eigenvalue weighted by Crippen LogP contribution is -2.29. The van der Waals surface area contributed by atoms with Crippen molar-refractivity contribution in [3.8, 4) is 0 Å². The SMILES string of the molecule is O=C(CCCc1ccccc1)N1CCC(Cc2nncn2Cc2ccccc2)C1. The van der Waals surface area contributed by atoms with Crippen LogP contribution >= 0.6 is 0 Å². The number of hydrogen-bond donors (Lipinski definition) is 0. The lowest BCUT2D eigenvalue weighted by Gasteiger charge is -2.17. The lowest BCUT2D eigenvalue weighted by molar-refractivity contribution is -0.130. The summed E-state index contributed by atoms with van der Waals surface area (Å²) < 4.78 is 2.12. The van der Waals surface area contributed by atoms with E-state index in [-0.39, 0.29) is 5.91 Å². The van der Waals surface area contributed by atoms with Crippen molar-refractivity contribution in [2.45, 2.75) is 38.6 Å². The summed E-state index contributed by atoms with van der Waals surface area (Å²) in [6.45, 7) is 2.49. The van der Waals surface area contributed by atoms with E-state index in [0.29, 0.717) is 12.3 Å². The van der Waals surface area contributed by atoms with Crippen LogP contribution in [0.1, 0.15) is 36.2 Å². The zero-order valence-electron chi connectivity index (χ0n) is 16.8. The van der Waals surface area contributed by atoms with Gasteiger partial charge < -0.3 is 9.47 Å². The number of rotatable bonds is 8. The summed E-state index contributed by atoms with van der Waals surface area (Å²) >= 11 is 0. The van der Waals surface area contributed by atoms with Crippen LogP contribution in [-0.2, 0) is 24.2 Å². The number of hydrogen-bond acceptors (Lipinski definition) is 3. The van der Waals surface area contributed by atoms with Crippen LogP contribution in [0.15, 0.2) is 67.0 Å². The fourth-order valence-electron chi connectivity index (χ4n) is 4.08. The van der Waals surface area contributed by atoms with Gasteiger partial charge in [0.2, 0.25) is 5.91 Å². The van der Waals surface area contributed by atoms with E-state index in [1.807, 2.05) is 23.4 Å². The Balaban J connectivity index is 1.25. The van der Waals surface area contributed by atoms with E-state index in [9.17, 15) is 4.79 Å². The topological polar surface area (TPSA) is 51.0 Å². The second kappa shape index (κ2) is 9.50. The van der Waals surface area contributed by atoms with Crippen LogP contribution in [0, 0.1) is 5.92 Å². The summed E-state index contributed by atoms with van der Waals surface area (Å²) in [5.74, 6) is 1.76. The molecule has 2 heterocycles. The van der Waals surface area contributed by atoms with E-state index in [2.05, 4.69) is 63.3 Å². The molecule has 1 aliphatic rings. The number of nitrogens with zero attached hydrogens (tertiary/aromatic N) is 4. The van der Waals surface area contributed by atoms with Crippen LogP contribution in [0.25, 0.3) is 0 Å². The third-order valence-corrected chi connectivity index (χ3v) is 5.70. The summed E-state index contributed by atoms with van der Waals surface area (Å²) in [5.41, 5.74) is 2.55. The van der Waals surface area contributed by atoms with Crippen molar-refractivity contribution in [3.05, 3.63) is 83.9 Å². The second-order valence-corrected chi connectivity index (χ2v) is 7.90. The maximum Gasteiger partial charge on any atom is 0.222 e. The van der Waals surface area contributed by atoms with Gasteiger partial charge in [-0.2, -0.15) is 0 Å². The first kappa shape index (κ1) is 19.4. The Hall–Kier alpha value is -2.95. The normalized spacial score (nSPS) is 16.3. The maximum atomic E-state index is 12.6. The minimum absolute atomic E-state index is 0.286. The minimum atomic E-state index is 0.286. The van der Waals surface area contributed by atoms with Gasteiger partial charge >= 0.3 is 0 Å². The first-order chi connectivity index (χ1) is 14.3. The van der Waals surface area contributed by atoms with Crippen molar-refractivity contribution in [3.63, 3.8) is 0 Å². The Labute approximate surface area is 172 Å². The second-order valence-electron chi connectivity index (χ2n) is 7.90. The van der Waals surface area contributed by atoms with Crippen LogP contribution in [0.2, 0.25) is 0 Å². The highest BCUT2D eigenvalue weighted by Gasteiger charge is 2.27. The van der Waals surface area contributed by atoms with E-state index in [1.54, 1.807) is 0 Å². The summed E-state index contributed by atoms with van der Waals surface area (Å²) in [6.07, 6.45) is 6.24. The highest BCUT2D eigenvalue weighted by atomic mass is 16.2. The molecule has 1 amide bonds. The third kappa shape index (κ3) is 5.31. The van der Waals surface area contributed by atoms with Crippen LogP contribution in [0.4, 0.5) is 0 Å². The zero-order chi connectivity index (χ0) is 19.9. The average molecular weight is 389 g/mol. The number of aromatic nitrogens is 3. The molecule has 0 saturated carbocycles. The molecule has 1 saturated heterocycles. The molecule has 0 N–H and O–H groups in total. The molecule has 0 spiro atoms. The number of carbonyl (C=O) groups excluding carboxylic acids is 1. The average Bonchev–Trinajstić information content (AvgIpc) is 3.40. The van der Waals surface area contributed by atoms with Crippen LogP contribution < -0.4 is 0 Å². The van der Waals surface area contributed by atoms with Gasteiger partial charge in [0.1, 0.15) is 12.2 Å². The Bertz CT molecular complexity index is 907. The molecule has 0 aliphatic carbocycles. The van der Waals surface area contributed by atoms with Crippen LogP contribution in [0.5, 0.6) is 0 Å². The van der Waals surface area contributed by atoms with E-state index in [0.717, 1.165) is 51.1 Å². The lowest BCUT2D eigenvalue weighted by atomic mass is 10.0. The molecular formula is C24H28N4O. The third-order valence-electron chi connectivity index (χ3n) is 5.70. The van der Waals surface area contributed by atoms with Gasteiger partial charge in [-0.1, -0.05) is 60.7 Å². The van der Waals surface area contributed by atoms with Gasteiger partial charge in [-0.05, 0) is 36.3 Å². The zero-order valence-corrected chi connectivity index (χ0v) is 16.8. The summed E-state index contributed by atoms with van der Waals surface area (Å²) in [6, 6.07) is 20.8. The fraction of sp³-hybridized carbons (Fsp3) is 0.375. The molecule has 5 heteroatoms. The molecule has 4 rings (SSSR count). The first-order valence-corrected chi connectivity index (χ1v) is 10.5. The Kier molecular flexibility index (Phi) is 6.35. The standard InChI is InChI=1S/C24H28N4O/c29-24(13-7-12-20-8-3-1-4-9-20)27-15-14-22(18-27)16-23-26-25-19-28(23)17-21-10-5-2-6-11-21/h1-6,8-11,19,22H,7,12-18H2. The van der Waals surface area contributed by atoms with Crippen molar-refractivity contribution >= 4 is 5.91 Å². The monoisotopic (exact) mass is 388 g/mol. The highest BCUT2D eigenvalue weighted by molar-refractivity contribution is 5.76. The molecule has 1 aromatic heterocycles. The number of aryl methyl sites for hydroxylation is 1. The molecule has 1 atom stereocenters. The predicted molar refractivity (Wildman–Crippen MR) is 113 cm³/mol. The van der Waals surface area contributed by atoms with E-state index in [1.165, 1.54) is 11.1 Å². The summed E-state index contributed by atoms with van der Waals surface area (Å²) in [5, 5.41) is 8.45. The predicted octanol–water partition coefficient (Wildman–Crippen LogP) is 3.74. The smallest absolute Gasteiger partial charge is 0.222 e. The molecule has 1 unspecified atom stereocenters. The van der Waals surface area contributed by atoms with Crippen LogP contribution in [-0.4, -0.2) is 38.7 Å². The van der Waals surface area contributed by atoms with Crippen molar-refractivity contribution in [2.24, 2.45) is 5.92 Å². The van der Waals surface area contributed by atoms with Gasteiger partial charge in [-0.15, -0.1) is 10.2 Å². The van der Waals surface area contributed by atoms with Gasteiger partial charge in [0.05, 0.1) is 6.54 Å². The van der Waals surface area contributed by atoms with Gasteiger partial charge in [0, 0.05) is 25.9 Å². The quantitative estimate of drug-likeness (QED) is 0.591. The molecule has 5 nitrogen and oxygen atoms in total. The van der Waals surface area contributed by atoms with Crippen molar-refractivity contribution in [2.75, 3.05) is 13.1 Å². The molecule has 29 heavy (non-hydrogen) atoms. The van der Waals surface area contributed by atoms with Gasteiger partial charge in [0.25, 0.3) is 0 Å². The fourth-order valence-corrected chi connectivity index (χ4v) is 4.08. The molecule has 0 radical (unpaired) electrons. The molecule has 150 valence electrons. The first-order valence-electron chi connectivity index (χ1n) is 10.5. The van der Waals surface area contributed by atoms with E-state index >= 15 is 0 Å². The minimum Gasteiger partial charge on any atom is -0.342 e. The van der Waals surface area contributed by atoms with Gasteiger partial charge in [-0.3, -0.25) is 4.79 Å². The molecule has 3 aromatic rings. The molecular weight excluding hydrogens is 360 g/mol. The van der Waals surface area contributed by atoms with Crippen molar-refractivity contribution in [1.29, 1.82) is 0 Å². The number of benzene rings is 2. The molecule has 2 aromatic carbocycles. The highest BCUT2D eigenvalue weighted by Crippen LogP contribution is 2.21. The number of amides is 1. The van der Waals surface area contributed by atoms with Gasteiger partial charge in [0.15, 0.2) is 0 Å². The Morgan fingerprint density at radius 1 is 1.00 bits per heavy atom. The molecule has 1 aliphatic heterocycles. The Morgan fingerprint density at radius 3 is 2.48 bits per heavy atom. The van der Waals surface area contributed by atoms with Crippen molar-refractivity contribution < 1.29 is 4.79 Å². The summed E-state index contributed by atoms with van der Waals surface area (Å²) in [4.78, 5) is 14.6. The Morgan fingerprint density at radius 2 is 1.72 bits per heavy atom. The maximum absolute atomic E-state index is 12.6. The van der Waals surface area contributed by atoms with Crippen molar-refractivity contribution in [1.82, 2.24) is 19.7 Å². The van der Waals surface area contributed by atoms with Crippen LogP contribution in [0.3, 0.4) is 0 Å². The molecule has 1 fully saturated rings. The summed E-state index contributed by atoms with van der Waals surface area (Å²) in [7, 11) is 0. The van der Waals surface area contributed by atoms with E-state index in [4.69, 9.17) is 0 Å². The van der Waals surface area contributed by atoms with E-state index < -0.39 is 0 Å². The molecule has 0 bridgehead atoms. The number of carbonyl (C=O) groups is 1. The number of likely N-dealkylation sites (tertiary alicyclic amines) is 1.